The van der Waals surface area contributed by atoms with Crippen LogP contribution in [0.5, 0.6) is 5.75 Å². The Morgan fingerprint density at radius 1 is 1.03 bits per heavy atom. The Labute approximate surface area is 192 Å². The number of halogens is 1. The van der Waals surface area contributed by atoms with E-state index in [-0.39, 0.29) is 12.0 Å². The maximum atomic E-state index is 10.6. The third kappa shape index (κ3) is 3.25. The average molecular weight is 451 g/mol. The normalized spacial score (nSPS) is 21.8. The van der Waals surface area contributed by atoms with Crippen molar-refractivity contribution in [3.63, 3.8) is 0 Å². The number of hydrogen-bond donors (Lipinski definition) is 1. The van der Waals surface area contributed by atoms with Gasteiger partial charge in [0.2, 0.25) is 0 Å². The lowest BCUT2D eigenvalue weighted by Gasteiger charge is -2.24. The summed E-state index contributed by atoms with van der Waals surface area (Å²) in [5, 5.41) is 15.6. The Hall–Kier alpha value is -2.37. The number of nitrogens with zero attached hydrogens (tertiary/aromatic N) is 2. The zero-order valence-corrected chi connectivity index (χ0v) is 19.2. The van der Waals surface area contributed by atoms with Crippen LogP contribution < -0.4 is 4.74 Å². The van der Waals surface area contributed by atoms with E-state index >= 15 is 0 Å². The molecule has 1 unspecified atom stereocenters. The van der Waals surface area contributed by atoms with Gasteiger partial charge >= 0.3 is 0 Å². The number of aryl methyl sites for hydroxylation is 1. The van der Waals surface area contributed by atoms with Gasteiger partial charge in [0, 0.05) is 40.0 Å². The highest BCUT2D eigenvalue weighted by Crippen LogP contribution is 2.48. The minimum atomic E-state index is -0.749. The first-order valence-electron chi connectivity index (χ1n) is 11.5. The Balaban J connectivity index is 1.39. The molecule has 0 spiro atoms. The van der Waals surface area contributed by atoms with E-state index in [2.05, 4.69) is 10.1 Å². The molecule has 1 N–H and O–H groups in total. The third-order valence-corrected chi connectivity index (χ3v) is 7.62. The van der Waals surface area contributed by atoms with Crippen LogP contribution in [0.15, 0.2) is 28.9 Å². The molecule has 32 heavy (non-hydrogen) atoms. The van der Waals surface area contributed by atoms with Crippen molar-refractivity contribution in [1.29, 1.82) is 0 Å². The topological polar surface area (TPSA) is 68.4 Å². The van der Waals surface area contributed by atoms with Crippen LogP contribution in [0, 0.1) is 5.92 Å². The molecule has 0 radical (unpaired) electrons. The Morgan fingerprint density at radius 3 is 2.72 bits per heavy atom. The SMILES string of the molecule is CC(C)(O)C1Cc2nccc(-c3cc(Cl)cc4c3O[C@@H](c3onc5c3CCCC5)C4)c2C1. The van der Waals surface area contributed by atoms with Gasteiger partial charge in [-0.05, 0) is 87.6 Å². The fraction of sp³-hybridized carbons (Fsp3) is 0.462. The number of pyridine rings is 1. The summed E-state index contributed by atoms with van der Waals surface area (Å²) >= 11 is 6.57. The van der Waals surface area contributed by atoms with Gasteiger partial charge in [-0.1, -0.05) is 16.8 Å². The van der Waals surface area contributed by atoms with Crippen LogP contribution in [-0.4, -0.2) is 20.8 Å². The molecule has 0 bridgehead atoms. The molecule has 3 heterocycles. The van der Waals surface area contributed by atoms with Crippen LogP contribution in [0.3, 0.4) is 0 Å². The predicted molar refractivity (Wildman–Crippen MR) is 122 cm³/mol. The number of aliphatic hydroxyl groups is 1. The van der Waals surface area contributed by atoms with Crippen molar-refractivity contribution in [3.05, 3.63) is 63.3 Å². The quantitative estimate of drug-likeness (QED) is 0.576. The van der Waals surface area contributed by atoms with Crippen molar-refractivity contribution in [2.24, 2.45) is 5.92 Å². The number of ether oxygens (including phenoxy) is 1. The Kier molecular flexibility index (Phi) is 4.63. The van der Waals surface area contributed by atoms with E-state index in [1.54, 1.807) is 0 Å². The van der Waals surface area contributed by atoms with Crippen LogP contribution >= 0.6 is 11.6 Å². The van der Waals surface area contributed by atoms with Crippen molar-refractivity contribution in [1.82, 2.24) is 10.1 Å². The molecular formula is C26H27ClN2O3. The molecule has 6 rings (SSSR count). The molecule has 0 amide bonds. The summed E-state index contributed by atoms with van der Waals surface area (Å²) in [7, 11) is 0. The number of benzene rings is 1. The predicted octanol–water partition coefficient (Wildman–Crippen LogP) is 5.43. The highest BCUT2D eigenvalue weighted by molar-refractivity contribution is 6.31. The Morgan fingerprint density at radius 2 is 1.88 bits per heavy atom. The van der Waals surface area contributed by atoms with Crippen LogP contribution in [0.1, 0.15) is 66.6 Å². The van der Waals surface area contributed by atoms with E-state index < -0.39 is 5.60 Å². The summed E-state index contributed by atoms with van der Waals surface area (Å²) in [6, 6.07) is 6.04. The van der Waals surface area contributed by atoms with Gasteiger partial charge in [-0.15, -0.1) is 0 Å². The van der Waals surface area contributed by atoms with E-state index in [4.69, 9.17) is 20.9 Å². The maximum Gasteiger partial charge on any atom is 0.181 e. The van der Waals surface area contributed by atoms with Crippen molar-refractivity contribution >= 4 is 11.6 Å². The molecule has 0 saturated carbocycles. The van der Waals surface area contributed by atoms with Gasteiger partial charge in [0.25, 0.3) is 0 Å². The number of hydrogen-bond acceptors (Lipinski definition) is 5. The van der Waals surface area contributed by atoms with Crippen molar-refractivity contribution in [2.45, 2.75) is 70.5 Å². The van der Waals surface area contributed by atoms with E-state index in [0.717, 1.165) is 71.7 Å². The van der Waals surface area contributed by atoms with E-state index in [1.165, 1.54) is 24.0 Å². The van der Waals surface area contributed by atoms with Gasteiger partial charge < -0.3 is 14.4 Å². The summed E-state index contributed by atoms with van der Waals surface area (Å²) < 4.78 is 12.3. The molecular weight excluding hydrogens is 424 g/mol. The van der Waals surface area contributed by atoms with Crippen molar-refractivity contribution in [3.8, 4) is 16.9 Å². The molecule has 2 aromatic heterocycles. The average Bonchev–Trinajstić information content (AvgIpc) is 3.47. The fourth-order valence-corrected chi connectivity index (χ4v) is 5.82. The minimum absolute atomic E-state index is 0.146. The Bertz CT molecular complexity index is 1210. The molecule has 1 aromatic carbocycles. The summed E-state index contributed by atoms with van der Waals surface area (Å²) in [5.74, 6) is 1.90. The van der Waals surface area contributed by atoms with Crippen molar-refractivity contribution < 1.29 is 14.4 Å². The third-order valence-electron chi connectivity index (χ3n) is 7.40. The molecule has 6 heteroatoms. The van der Waals surface area contributed by atoms with E-state index in [9.17, 15) is 5.11 Å². The smallest absolute Gasteiger partial charge is 0.181 e. The second-order valence-corrected chi connectivity index (χ2v) is 10.4. The first-order chi connectivity index (χ1) is 15.4. The highest BCUT2D eigenvalue weighted by atomic mass is 35.5. The summed E-state index contributed by atoms with van der Waals surface area (Å²) in [6.45, 7) is 3.76. The summed E-state index contributed by atoms with van der Waals surface area (Å²) in [5.41, 5.74) is 7.02. The van der Waals surface area contributed by atoms with Crippen LogP contribution in [0.4, 0.5) is 0 Å². The first kappa shape index (κ1) is 20.3. The van der Waals surface area contributed by atoms with Crippen LogP contribution in [-0.2, 0) is 32.1 Å². The van der Waals surface area contributed by atoms with Gasteiger partial charge in [-0.2, -0.15) is 0 Å². The van der Waals surface area contributed by atoms with E-state index in [0.29, 0.717) is 5.02 Å². The standard InChI is InChI=1S/C26H27ClN2O3/c1-26(2,30)15-11-19-17(7-8-28-22(19)12-15)20-13-16(27)9-14-10-23(31-24(14)20)25-18-5-3-4-6-21(18)29-32-25/h7-9,13,15,23,30H,3-6,10-12H2,1-2H3/t15?,23-/m1/s1. The maximum absolute atomic E-state index is 10.6. The lowest BCUT2D eigenvalue weighted by molar-refractivity contribution is 0.0213. The monoisotopic (exact) mass is 450 g/mol. The molecule has 2 aliphatic carbocycles. The van der Waals surface area contributed by atoms with Crippen LogP contribution in [0.2, 0.25) is 5.02 Å². The number of fused-ring (bicyclic) bond motifs is 3. The largest absolute Gasteiger partial charge is 0.481 e. The zero-order chi connectivity index (χ0) is 22.0. The summed E-state index contributed by atoms with van der Waals surface area (Å²) in [4.78, 5) is 4.62. The van der Waals surface area contributed by atoms with E-state index in [1.807, 2.05) is 38.2 Å². The highest BCUT2D eigenvalue weighted by Gasteiger charge is 2.37. The fourth-order valence-electron chi connectivity index (χ4n) is 5.58. The molecule has 0 saturated heterocycles. The second-order valence-electron chi connectivity index (χ2n) is 9.97. The minimum Gasteiger partial charge on any atom is -0.481 e. The molecule has 0 fully saturated rings. The first-order valence-corrected chi connectivity index (χ1v) is 11.9. The molecule has 5 nitrogen and oxygen atoms in total. The molecule has 166 valence electrons. The zero-order valence-electron chi connectivity index (χ0n) is 18.4. The number of rotatable bonds is 3. The van der Waals surface area contributed by atoms with Gasteiger partial charge in [-0.25, -0.2) is 0 Å². The summed E-state index contributed by atoms with van der Waals surface area (Å²) in [6.07, 6.45) is 8.32. The van der Waals surface area contributed by atoms with Crippen molar-refractivity contribution in [2.75, 3.05) is 0 Å². The van der Waals surface area contributed by atoms with Gasteiger partial charge in [0.15, 0.2) is 11.9 Å². The lowest BCUT2D eigenvalue weighted by Crippen LogP contribution is -2.31. The van der Waals surface area contributed by atoms with Crippen LogP contribution in [0.25, 0.3) is 11.1 Å². The molecule has 1 aliphatic heterocycles. The number of aromatic nitrogens is 2. The molecule has 3 aromatic rings. The molecule has 3 aliphatic rings. The lowest BCUT2D eigenvalue weighted by atomic mass is 9.88. The van der Waals surface area contributed by atoms with Gasteiger partial charge in [0.1, 0.15) is 5.75 Å². The molecule has 2 atom stereocenters. The van der Waals surface area contributed by atoms with Gasteiger partial charge in [0.05, 0.1) is 11.3 Å². The van der Waals surface area contributed by atoms with Gasteiger partial charge in [-0.3, -0.25) is 4.98 Å². The second kappa shape index (κ2) is 7.32.